The molecule has 0 N–H and O–H groups in total. The van der Waals surface area contributed by atoms with Gasteiger partial charge in [0.15, 0.2) is 0 Å². The first-order valence-corrected chi connectivity index (χ1v) is 8.00. The van der Waals surface area contributed by atoms with Gasteiger partial charge in [0, 0.05) is 19.1 Å². The Morgan fingerprint density at radius 2 is 1.72 bits per heavy atom. The lowest BCUT2D eigenvalue weighted by Gasteiger charge is -2.23. The number of benzene rings is 1. The van der Waals surface area contributed by atoms with Gasteiger partial charge in [0.25, 0.3) is 0 Å². The number of rotatable bonds is 5. The van der Waals surface area contributed by atoms with E-state index in [1.54, 1.807) is 11.3 Å². The van der Waals surface area contributed by atoms with Crippen molar-refractivity contribution in [3.8, 4) is 0 Å². The molecule has 96 valence electrons. The van der Waals surface area contributed by atoms with Crippen LogP contribution in [0, 0.1) is 0 Å². The molecule has 18 heavy (non-hydrogen) atoms. The zero-order chi connectivity index (χ0) is 13.0. The molecule has 1 heterocycles. The SMILES string of the molecule is COP(=O)(OC)C(c1ccccc1)c1cccs1. The normalized spacial score (nSPS) is 13.4. The summed E-state index contributed by atoms with van der Waals surface area (Å²) in [6, 6.07) is 13.5. The van der Waals surface area contributed by atoms with Gasteiger partial charge in [-0.1, -0.05) is 36.4 Å². The highest BCUT2D eigenvalue weighted by molar-refractivity contribution is 7.54. The van der Waals surface area contributed by atoms with Crippen molar-refractivity contribution in [2.24, 2.45) is 0 Å². The van der Waals surface area contributed by atoms with E-state index in [1.165, 1.54) is 14.2 Å². The second kappa shape index (κ2) is 5.81. The monoisotopic (exact) mass is 282 g/mol. The minimum Gasteiger partial charge on any atom is -0.311 e. The van der Waals surface area contributed by atoms with Crippen molar-refractivity contribution >= 4 is 18.9 Å². The van der Waals surface area contributed by atoms with Gasteiger partial charge in [0.05, 0.1) is 0 Å². The molecule has 0 radical (unpaired) electrons. The fourth-order valence-electron chi connectivity index (χ4n) is 1.87. The Balaban J connectivity index is 2.52. The quantitative estimate of drug-likeness (QED) is 0.766. The van der Waals surface area contributed by atoms with Crippen molar-refractivity contribution < 1.29 is 13.6 Å². The fraction of sp³-hybridized carbons (Fsp3) is 0.231. The van der Waals surface area contributed by atoms with Crippen LogP contribution in [0.2, 0.25) is 0 Å². The zero-order valence-corrected chi connectivity index (χ0v) is 12.0. The average molecular weight is 282 g/mol. The largest absolute Gasteiger partial charge is 0.342 e. The van der Waals surface area contributed by atoms with Crippen LogP contribution in [0.1, 0.15) is 16.1 Å². The van der Waals surface area contributed by atoms with Gasteiger partial charge in [-0.3, -0.25) is 4.57 Å². The lowest BCUT2D eigenvalue weighted by Crippen LogP contribution is -2.04. The summed E-state index contributed by atoms with van der Waals surface area (Å²) < 4.78 is 23.0. The molecule has 1 aromatic carbocycles. The zero-order valence-electron chi connectivity index (χ0n) is 10.3. The summed E-state index contributed by atoms with van der Waals surface area (Å²) in [4.78, 5) is 0.980. The maximum atomic E-state index is 12.7. The third-order valence-electron chi connectivity index (χ3n) is 2.75. The molecule has 1 aromatic heterocycles. The Kier molecular flexibility index (Phi) is 4.36. The van der Waals surface area contributed by atoms with Crippen LogP contribution < -0.4 is 0 Å². The van der Waals surface area contributed by atoms with Crippen LogP contribution in [0.4, 0.5) is 0 Å². The molecule has 1 atom stereocenters. The minimum absolute atomic E-state index is 0.367. The molecule has 2 aromatic rings. The molecule has 0 aliphatic carbocycles. The van der Waals surface area contributed by atoms with E-state index in [2.05, 4.69) is 0 Å². The molecule has 0 aliphatic heterocycles. The molecule has 0 bridgehead atoms. The summed E-state index contributed by atoms with van der Waals surface area (Å²) in [6.07, 6.45) is 0. The maximum Gasteiger partial charge on any atom is 0.342 e. The standard InChI is InChI=1S/C13H15O3PS/c1-15-17(14,16-2)13(12-9-6-10-18-12)11-7-4-3-5-8-11/h3-10,13H,1-2H3. The first-order valence-electron chi connectivity index (χ1n) is 5.51. The van der Waals surface area contributed by atoms with Gasteiger partial charge < -0.3 is 9.05 Å². The molecule has 0 saturated carbocycles. The Labute approximate surface area is 111 Å². The first kappa shape index (κ1) is 13.5. The minimum atomic E-state index is -3.19. The van der Waals surface area contributed by atoms with Crippen molar-refractivity contribution in [2.45, 2.75) is 5.66 Å². The Morgan fingerprint density at radius 3 is 2.22 bits per heavy atom. The van der Waals surface area contributed by atoms with Crippen molar-refractivity contribution in [1.82, 2.24) is 0 Å². The highest BCUT2D eigenvalue weighted by atomic mass is 32.1. The molecule has 0 fully saturated rings. The lowest BCUT2D eigenvalue weighted by atomic mass is 10.1. The summed E-state index contributed by atoms with van der Waals surface area (Å²) in [7, 11) is -0.343. The number of hydrogen-bond donors (Lipinski definition) is 0. The molecule has 5 heteroatoms. The van der Waals surface area contributed by atoms with Crippen LogP contribution in [-0.2, 0) is 13.6 Å². The van der Waals surface area contributed by atoms with Crippen molar-refractivity contribution in [3.63, 3.8) is 0 Å². The molecule has 0 saturated heterocycles. The molecule has 3 nitrogen and oxygen atoms in total. The van der Waals surface area contributed by atoms with Crippen LogP contribution in [0.3, 0.4) is 0 Å². The lowest BCUT2D eigenvalue weighted by molar-refractivity contribution is 0.270. The third-order valence-corrected chi connectivity index (χ3v) is 6.09. The Morgan fingerprint density at radius 1 is 1.06 bits per heavy atom. The topological polar surface area (TPSA) is 35.5 Å². The fourth-order valence-corrected chi connectivity index (χ4v) is 4.68. The summed E-state index contributed by atoms with van der Waals surface area (Å²) >= 11 is 1.55. The summed E-state index contributed by atoms with van der Waals surface area (Å²) in [6.45, 7) is 0. The van der Waals surface area contributed by atoms with Crippen LogP contribution in [0.5, 0.6) is 0 Å². The van der Waals surface area contributed by atoms with Crippen LogP contribution >= 0.6 is 18.9 Å². The molecule has 1 unspecified atom stereocenters. The van der Waals surface area contributed by atoms with Crippen LogP contribution in [-0.4, -0.2) is 14.2 Å². The van der Waals surface area contributed by atoms with Crippen LogP contribution in [0.25, 0.3) is 0 Å². The number of thiophene rings is 1. The second-order valence-corrected chi connectivity index (χ2v) is 7.04. The molecule has 2 rings (SSSR count). The first-order chi connectivity index (χ1) is 8.71. The van der Waals surface area contributed by atoms with Gasteiger partial charge in [-0.25, -0.2) is 0 Å². The molecule has 0 spiro atoms. The van der Waals surface area contributed by atoms with E-state index in [4.69, 9.17) is 9.05 Å². The third kappa shape index (κ3) is 2.57. The predicted molar refractivity (Wildman–Crippen MR) is 74.2 cm³/mol. The van der Waals surface area contributed by atoms with Gasteiger partial charge in [-0.15, -0.1) is 11.3 Å². The van der Waals surface area contributed by atoms with E-state index in [0.29, 0.717) is 0 Å². The smallest absolute Gasteiger partial charge is 0.311 e. The van der Waals surface area contributed by atoms with E-state index in [0.717, 1.165) is 10.4 Å². The summed E-state index contributed by atoms with van der Waals surface area (Å²) in [5, 5.41) is 1.96. The van der Waals surface area contributed by atoms with Gasteiger partial charge >= 0.3 is 7.60 Å². The molecular weight excluding hydrogens is 267 g/mol. The van der Waals surface area contributed by atoms with Crippen LogP contribution in [0.15, 0.2) is 47.8 Å². The second-order valence-electron chi connectivity index (χ2n) is 3.73. The van der Waals surface area contributed by atoms with Gasteiger partial charge in [-0.2, -0.15) is 0 Å². The van der Waals surface area contributed by atoms with E-state index in [-0.39, 0.29) is 5.66 Å². The molecule has 0 amide bonds. The highest BCUT2D eigenvalue weighted by Gasteiger charge is 2.37. The van der Waals surface area contributed by atoms with E-state index >= 15 is 0 Å². The van der Waals surface area contributed by atoms with Crippen molar-refractivity contribution in [3.05, 3.63) is 58.3 Å². The maximum absolute atomic E-state index is 12.7. The summed E-state index contributed by atoms with van der Waals surface area (Å²) in [5.41, 5.74) is 0.570. The summed E-state index contributed by atoms with van der Waals surface area (Å²) in [5.74, 6) is 0. The van der Waals surface area contributed by atoms with Crippen molar-refractivity contribution in [2.75, 3.05) is 14.2 Å². The van der Waals surface area contributed by atoms with Gasteiger partial charge in [0.2, 0.25) is 0 Å². The van der Waals surface area contributed by atoms with Gasteiger partial charge in [-0.05, 0) is 17.0 Å². The number of hydrogen-bond acceptors (Lipinski definition) is 4. The predicted octanol–water partition coefficient (Wildman–Crippen LogP) is 4.32. The van der Waals surface area contributed by atoms with E-state index in [9.17, 15) is 4.57 Å². The molecular formula is C13H15O3PS. The van der Waals surface area contributed by atoms with E-state index < -0.39 is 7.60 Å². The Bertz CT molecular complexity index is 516. The average Bonchev–Trinajstić information content (AvgIpc) is 2.93. The Hall–Kier alpha value is -0.930. The highest BCUT2D eigenvalue weighted by Crippen LogP contribution is 2.63. The molecule has 0 aliphatic rings. The van der Waals surface area contributed by atoms with E-state index in [1.807, 2.05) is 47.8 Å². The van der Waals surface area contributed by atoms with Gasteiger partial charge in [0.1, 0.15) is 5.66 Å². The van der Waals surface area contributed by atoms with Crippen molar-refractivity contribution in [1.29, 1.82) is 0 Å².